The van der Waals surface area contributed by atoms with Gasteiger partial charge in [-0.2, -0.15) is 0 Å². The van der Waals surface area contributed by atoms with E-state index in [1.165, 1.54) is 5.56 Å². The van der Waals surface area contributed by atoms with E-state index < -0.39 is 0 Å². The van der Waals surface area contributed by atoms with Crippen molar-refractivity contribution in [3.05, 3.63) is 146 Å². The minimum absolute atomic E-state index is 0.520. The molecule has 5 nitrogen and oxygen atoms in total. The first-order chi connectivity index (χ1) is 23.1. The molecular weight excluding hydrogens is 578 g/mol. The van der Waals surface area contributed by atoms with Gasteiger partial charge in [-0.25, -0.2) is 15.0 Å². The van der Waals surface area contributed by atoms with Crippen LogP contribution in [0.2, 0.25) is 0 Å². The summed E-state index contributed by atoms with van der Waals surface area (Å²) in [5, 5.41) is 4.40. The minimum atomic E-state index is 0.520. The van der Waals surface area contributed by atoms with Crippen molar-refractivity contribution >= 4 is 49.5 Å². The van der Waals surface area contributed by atoms with E-state index in [0.717, 1.165) is 84.5 Å². The Morgan fingerprint density at radius 1 is 0.638 bits per heavy atom. The fourth-order valence-corrected chi connectivity index (χ4v) is 6.35. The third kappa shape index (κ3) is 5.02. The Morgan fingerprint density at radius 3 is 2.15 bits per heavy atom. The number of rotatable bonds is 8. The van der Waals surface area contributed by atoms with Gasteiger partial charge in [0, 0.05) is 38.2 Å². The van der Waals surface area contributed by atoms with E-state index in [9.17, 15) is 0 Å². The largest absolute Gasteiger partial charge is 0.456 e. The van der Waals surface area contributed by atoms with E-state index in [2.05, 4.69) is 80.7 Å². The standard InChI is InChI=1S/C42H31N3O2/c1-4-10-26-16-23-36-34(24-26)39-31(13-9-15-37(39)46-36)28-17-19-29(20-18-28)41-43-40(27(6-3)11-5-2)44-42(45-41)30-21-22-33-32-12-7-8-14-35(32)47-38(33)25-30/h5-9,11-25H,2-4,10H2,1H3/b27-11+. The van der Waals surface area contributed by atoms with Crippen LogP contribution < -0.4 is 0 Å². The Morgan fingerprint density at radius 2 is 1.34 bits per heavy atom. The Bertz CT molecular complexity index is 2510. The molecule has 0 N–H and O–H groups in total. The van der Waals surface area contributed by atoms with E-state index in [4.69, 9.17) is 23.8 Å². The zero-order valence-electron chi connectivity index (χ0n) is 26.0. The second kappa shape index (κ2) is 11.7. The van der Waals surface area contributed by atoms with Gasteiger partial charge in [-0.05, 0) is 59.5 Å². The SMILES string of the molecule is C=C/C=C(\C=C)c1nc(-c2ccc(-c3cccc4oc5ccc(CCC)cc5c34)cc2)nc(-c2ccc3c(c2)oc2ccccc23)n1. The van der Waals surface area contributed by atoms with Crippen molar-refractivity contribution < 1.29 is 8.83 Å². The summed E-state index contributed by atoms with van der Waals surface area (Å²) in [6, 6.07) is 35.3. The predicted octanol–water partition coefficient (Wildman–Crippen LogP) is 11.4. The molecule has 8 rings (SSSR count). The molecule has 5 aromatic carbocycles. The van der Waals surface area contributed by atoms with Gasteiger partial charge in [0.2, 0.25) is 0 Å². The highest BCUT2D eigenvalue weighted by Crippen LogP contribution is 2.38. The van der Waals surface area contributed by atoms with Crippen molar-refractivity contribution in [1.82, 2.24) is 15.0 Å². The van der Waals surface area contributed by atoms with Gasteiger partial charge >= 0.3 is 0 Å². The Balaban J connectivity index is 1.23. The van der Waals surface area contributed by atoms with Gasteiger partial charge in [-0.1, -0.05) is 111 Å². The molecule has 0 aliphatic rings. The molecule has 0 atom stereocenters. The third-order valence-corrected chi connectivity index (χ3v) is 8.60. The van der Waals surface area contributed by atoms with E-state index in [1.807, 2.05) is 48.5 Å². The topological polar surface area (TPSA) is 65.0 Å². The van der Waals surface area contributed by atoms with Crippen molar-refractivity contribution in [3.63, 3.8) is 0 Å². The summed E-state index contributed by atoms with van der Waals surface area (Å²) in [6.07, 6.45) is 7.43. The number of fused-ring (bicyclic) bond motifs is 6. The van der Waals surface area contributed by atoms with Crippen LogP contribution in [0.4, 0.5) is 0 Å². The molecule has 47 heavy (non-hydrogen) atoms. The Kier molecular flexibility index (Phi) is 7.07. The molecular formula is C42H31N3O2. The van der Waals surface area contributed by atoms with Crippen molar-refractivity contribution in [2.75, 3.05) is 0 Å². The molecule has 0 radical (unpaired) electrons. The number of nitrogens with zero attached hydrogens (tertiary/aromatic N) is 3. The van der Waals surface area contributed by atoms with E-state index in [-0.39, 0.29) is 0 Å². The van der Waals surface area contributed by atoms with Gasteiger partial charge in [0.1, 0.15) is 22.3 Å². The summed E-state index contributed by atoms with van der Waals surface area (Å²) in [4.78, 5) is 14.7. The number of para-hydroxylation sites is 1. The third-order valence-electron chi connectivity index (χ3n) is 8.60. The van der Waals surface area contributed by atoms with Crippen LogP contribution >= 0.6 is 0 Å². The van der Waals surface area contributed by atoms with Crippen molar-refractivity contribution in [3.8, 4) is 33.9 Å². The van der Waals surface area contributed by atoms with E-state index in [1.54, 1.807) is 12.2 Å². The fraction of sp³-hybridized carbons (Fsp3) is 0.0714. The molecule has 0 bridgehead atoms. The number of benzene rings is 5. The molecule has 0 saturated carbocycles. The Hall–Kier alpha value is -6.07. The summed E-state index contributed by atoms with van der Waals surface area (Å²) in [5.74, 6) is 1.63. The predicted molar refractivity (Wildman–Crippen MR) is 193 cm³/mol. The lowest BCUT2D eigenvalue weighted by molar-refractivity contribution is 0.668. The van der Waals surface area contributed by atoms with Crippen LogP contribution in [0.25, 0.3) is 83.4 Å². The summed E-state index contributed by atoms with van der Waals surface area (Å²) in [5.41, 5.74) is 9.41. The first-order valence-electron chi connectivity index (χ1n) is 15.8. The normalized spacial score (nSPS) is 12.0. The molecule has 0 spiro atoms. The van der Waals surface area contributed by atoms with Crippen molar-refractivity contribution in [2.45, 2.75) is 19.8 Å². The highest BCUT2D eigenvalue weighted by Gasteiger charge is 2.16. The molecule has 0 saturated heterocycles. The molecule has 0 aliphatic carbocycles. The first-order valence-corrected chi connectivity index (χ1v) is 15.8. The fourth-order valence-electron chi connectivity index (χ4n) is 6.35. The molecule has 8 aromatic rings. The monoisotopic (exact) mass is 609 g/mol. The van der Waals surface area contributed by atoms with Crippen LogP contribution in [-0.2, 0) is 6.42 Å². The van der Waals surface area contributed by atoms with E-state index >= 15 is 0 Å². The van der Waals surface area contributed by atoms with Gasteiger partial charge in [0.25, 0.3) is 0 Å². The van der Waals surface area contributed by atoms with Gasteiger partial charge in [0.05, 0.1) is 0 Å². The summed E-state index contributed by atoms with van der Waals surface area (Å²) in [7, 11) is 0. The van der Waals surface area contributed by atoms with E-state index in [0.29, 0.717) is 17.5 Å². The van der Waals surface area contributed by atoms with Crippen LogP contribution in [-0.4, -0.2) is 15.0 Å². The quantitative estimate of drug-likeness (QED) is 0.160. The highest BCUT2D eigenvalue weighted by molar-refractivity contribution is 6.12. The number of hydrogen-bond donors (Lipinski definition) is 0. The van der Waals surface area contributed by atoms with Crippen LogP contribution in [0.1, 0.15) is 24.7 Å². The van der Waals surface area contributed by atoms with Gasteiger partial charge in [-0.3, -0.25) is 0 Å². The second-order valence-electron chi connectivity index (χ2n) is 11.6. The molecule has 3 heterocycles. The lowest BCUT2D eigenvalue weighted by Gasteiger charge is -2.10. The highest BCUT2D eigenvalue weighted by atomic mass is 16.3. The van der Waals surface area contributed by atoms with Gasteiger partial charge in [-0.15, -0.1) is 0 Å². The van der Waals surface area contributed by atoms with Crippen molar-refractivity contribution in [1.29, 1.82) is 0 Å². The number of furan rings is 2. The molecule has 0 fully saturated rings. The Labute approximate surface area is 272 Å². The lowest BCUT2D eigenvalue weighted by atomic mass is 9.97. The molecule has 5 heteroatoms. The van der Waals surface area contributed by atoms with Gasteiger partial charge in [0.15, 0.2) is 17.5 Å². The summed E-state index contributed by atoms with van der Waals surface area (Å²) in [6.45, 7) is 10.1. The smallest absolute Gasteiger partial charge is 0.164 e. The first kappa shape index (κ1) is 28.4. The second-order valence-corrected chi connectivity index (χ2v) is 11.6. The zero-order valence-corrected chi connectivity index (χ0v) is 26.0. The van der Waals surface area contributed by atoms with Crippen molar-refractivity contribution in [2.24, 2.45) is 0 Å². The zero-order chi connectivity index (χ0) is 31.9. The maximum atomic E-state index is 6.25. The molecule has 3 aromatic heterocycles. The van der Waals surface area contributed by atoms with Crippen LogP contribution in [0.5, 0.6) is 0 Å². The lowest BCUT2D eigenvalue weighted by Crippen LogP contribution is -2.02. The molecule has 0 unspecified atom stereocenters. The minimum Gasteiger partial charge on any atom is -0.456 e. The number of allylic oxidation sites excluding steroid dienone is 4. The average Bonchev–Trinajstić information content (AvgIpc) is 3.68. The maximum Gasteiger partial charge on any atom is 0.164 e. The molecule has 0 aliphatic heterocycles. The average molecular weight is 610 g/mol. The van der Waals surface area contributed by atoms with Crippen LogP contribution in [0.3, 0.4) is 0 Å². The number of aromatic nitrogens is 3. The molecule has 226 valence electrons. The molecule has 0 amide bonds. The summed E-state index contributed by atoms with van der Waals surface area (Å²) >= 11 is 0. The number of hydrogen-bond acceptors (Lipinski definition) is 5. The summed E-state index contributed by atoms with van der Waals surface area (Å²) < 4.78 is 12.4. The van der Waals surface area contributed by atoms with Gasteiger partial charge < -0.3 is 8.83 Å². The number of aryl methyl sites for hydroxylation is 1. The van der Waals surface area contributed by atoms with Crippen LogP contribution in [0, 0.1) is 0 Å². The maximum absolute atomic E-state index is 6.25. The van der Waals surface area contributed by atoms with Crippen LogP contribution in [0.15, 0.2) is 143 Å².